The molecule has 300 valence electrons. The molecule has 0 fully saturated rings. The number of fused-ring (bicyclic) bond motifs is 2. The van der Waals surface area contributed by atoms with Gasteiger partial charge in [-0.25, -0.2) is 9.97 Å². The fraction of sp³-hybridized carbons (Fsp3) is 0.125. The van der Waals surface area contributed by atoms with Crippen LogP contribution in [0.1, 0.15) is 27.8 Å². The fourth-order valence-electron chi connectivity index (χ4n) is 6.52. The number of benzene rings is 6. The number of phenols is 1. The maximum Gasteiger partial charge on any atom is 0.282 e. The number of phenolic OH excluding ortho intramolecular Hbond substituents is 1. The molecule has 0 radical (unpaired) electrons. The van der Waals surface area contributed by atoms with Gasteiger partial charge in [-0.2, -0.15) is 19.6 Å². The lowest BCUT2D eigenvalue weighted by Gasteiger charge is -2.12. The Hall–Kier alpha value is -7.86. The molecule has 0 amide bonds. The van der Waals surface area contributed by atoms with E-state index in [1.165, 1.54) is 28.7 Å². The van der Waals surface area contributed by atoms with Crippen LogP contribution in [0, 0.1) is 20.8 Å². The van der Waals surface area contributed by atoms with Crippen molar-refractivity contribution in [1.29, 1.82) is 0 Å². The van der Waals surface area contributed by atoms with Crippen molar-refractivity contribution in [3.63, 3.8) is 0 Å². The van der Waals surface area contributed by atoms with Crippen molar-refractivity contribution in [3.8, 4) is 45.8 Å². The van der Waals surface area contributed by atoms with Crippen LogP contribution < -0.4 is 25.3 Å². The molecule has 0 aliphatic carbocycles. The highest BCUT2D eigenvalue weighted by Crippen LogP contribution is 2.32. The molecule has 6 aromatic carbocycles. The van der Waals surface area contributed by atoms with Gasteiger partial charge in [0.1, 0.15) is 0 Å². The first-order valence-electron chi connectivity index (χ1n) is 18.9. The van der Waals surface area contributed by atoms with Crippen LogP contribution in [-0.2, 0) is 0 Å². The average molecular weight is 799 g/mol. The second-order valence-electron chi connectivity index (χ2n) is 13.9. The molecule has 8 rings (SSSR count). The predicted octanol–water partition coefficient (Wildman–Crippen LogP) is 8.55. The van der Waals surface area contributed by atoms with E-state index in [0.717, 1.165) is 33.4 Å². The lowest BCUT2D eigenvalue weighted by atomic mass is 10.1. The van der Waals surface area contributed by atoms with Crippen LogP contribution in [0.2, 0.25) is 0 Å². The summed E-state index contributed by atoms with van der Waals surface area (Å²) in [5, 5.41) is 19.7. The second-order valence-corrected chi connectivity index (χ2v) is 13.9. The van der Waals surface area contributed by atoms with Gasteiger partial charge in [-0.15, -0.1) is 0 Å². The molecule has 8 aromatic rings. The maximum atomic E-state index is 13.3. The minimum absolute atomic E-state index is 0.0366. The summed E-state index contributed by atoms with van der Waals surface area (Å²) in [6, 6.07) is 38.7. The first kappa shape index (κ1) is 40.3. The molecule has 0 aliphatic heterocycles. The van der Waals surface area contributed by atoms with E-state index >= 15 is 0 Å². The van der Waals surface area contributed by atoms with E-state index in [1.807, 2.05) is 112 Å². The number of aromatic nitrogens is 4. The van der Waals surface area contributed by atoms with Crippen LogP contribution in [0.15, 0.2) is 147 Å². The van der Waals surface area contributed by atoms with E-state index in [0.29, 0.717) is 56.3 Å². The minimum Gasteiger partial charge on any atom is -0.504 e. The molecular weight excluding hydrogens is 757 g/mol. The normalized spacial score (nSPS) is 11.2. The summed E-state index contributed by atoms with van der Waals surface area (Å²) in [4.78, 5) is 35.8. The molecule has 0 spiro atoms. The molecule has 0 saturated heterocycles. The van der Waals surface area contributed by atoms with Crippen molar-refractivity contribution in [3.05, 3.63) is 176 Å². The molecule has 2 aromatic heterocycles. The summed E-state index contributed by atoms with van der Waals surface area (Å²) in [6.45, 7) is 5.95. The SMILES string of the molecule is COc1cc(/C=N/n2c(-c3ccc(C)cc3)nc3ccccc3c2=O)cc(C)c1OC.COc1cc(/C=N/n2c(-c3ccc(C)cc3)nc3ccccc3c2=O)ccc1O. The fourth-order valence-corrected chi connectivity index (χ4v) is 6.52. The summed E-state index contributed by atoms with van der Waals surface area (Å²) >= 11 is 0. The molecule has 12 nitrogen and oxygen atoms in total. The van der Waals surface area contributed by atoms with Crippen molar-refractivity contribution in [2.75, 3.05) is 21.3 Å². The first-order chi connectivity index (χ1) is 29.1. The van der Waals surface area contributed by atoms with E-state index in [2.05, 4.69) is 15.2 Å². The number of ether oxygens (including phenoxy) is 3. The standard InChI is InChI=1S/C25H23N3O3.C23H19N3O3/c1-16-9-11-19(12-10-16)24-27-21-8-6-5-7-20(21)25(29)28(24)26-15-18-13-17(2)23(31-4)22(14-18)30-3;1-15-7-10-17(11-8-15)22-25-19-6-4-3-5-18(19)23(28)26(22)24-14-16-9-12-20(27)21(13-16)29-2/h5-15H,1-4H3;3-14,27H,1-2H3/b26-15+;24-14+. The molecule has 0 unspecified atom stereocenters. The summed E-state index contributed by atoms with van der Waals surface area (Å²) in [6.07, 6.45) is 3.17. The Balaban J connectivity index is 0.000000182. The van der Waals surface area contributed by atoms with Crippen LogP contribution >= 0.6 is 0 Å². The van der Waals surface area contributed by atoms with Gasteiger partial charge in [0, 0.05) is 11.1 Å². The lowest BCUT2D eigenvalue weighted by molar-refractivity contribution is 0.353. The zero-order chi connectivity index (χ0) is 42.3. The third-order valence-electron chi connectivity index (χ3n) is 9.66. The zero-order valence-corrected chi connectivity index (χ0v) is 34.0. The van der Waals surface area contributed by atoms with Crippen molar-refractivity contribution < 1.29 is 19.3 Å². The average Bonchev–Trinajstić information content (AvgIpc) is 3.26. The Morgan fingerprint density at radius 1 is 0.550 bits per heavy atom. The van der Waals surface area contributed by atoms with Gasteiger partial charge in [-0.05, 0) is 92.1 Å². The molecule has 2 heterocycles. The smallest absolute Gasteiger partial charge is 0.282 e. The van der Waals surface area contributed by atoms with Crippen molar-refractivity contribution in [2.24, 2.45) is 10.2 Å². The van der Waals surface area contributed by atoms with Crippen LogP contribution in [-0.4, -0.2) is 58.2 Å². The number of hydrogen-bond acceptors (Lipinski definition) is 10. The summed E-state index contributed by atoms with van der Waals surface area (Å²) in [5.74, 6) is 2.58. The van der Waals surface area contributed by atoms with Crippen LogP contribution in [0.4, 0.5) is 0 Å². The number of methoxy groups -OCH3 is 3. The molecule has 0 atom stereocenters. The molecule has 0 aliphatic rings. The largest absolute Gasteiger partial charge is 0.504 e. The summed E-state index contributed by atoms with van der Waals surface area (Å²) < 4.78 is 18.6. The number of rotatable bonds is 9. The summed E-state index contributed by atoms with van der Waals surface area (Å²) in [5.41, 5.74) is 6.98. The number of para-hydroxylation sites is 2. The summed E-state index contributed by atoms with van der Waals surface area (Å²) in [7, 11) is 4.67. The van der Waals surface area contributed by atoms with E-state index in [1.54, 1.807) is 50.8 Å². The lowest BCUT2D eigenvalue weighted by Crippen LogP contribution is -2.20. The van der Waals surface area contributed by atoms with Crippen molar-refractivity contribution in [2.45, 2.75) is 20.8 Å². The minimum atomic E-state index is -0.256. The quantitative estimate of drug-likeness (QED) is 0.143. The molecule has 60 heavy (non-hydrogen) atoms. The Bertz CT molecular complexity index is 3030. The Kier molecular flexibility index (Phi) is 11.9. The van der Waals surface area contributed by atoms with Crippen molar-refractivity contribution in [1.82, 2.24) is 19.3 Å². The van der Waals surface area contributed by atoms with Crippen LogP contribution in [0.25, 0.3) is 44.6 Å². The second kappa shape index (κ2) is 17.7. The Morgan fingerprint density at radius 2 is 1.02 bits per heavy atom. The molecule has 1 N–H and O–H groups in total. The zero-order valence-electron chi connectivity index (χ0n) is 34.0. The molecular formula is C48H42N6O6. The maximum absolute atomic E-state index is 13.3. The highest BCUT2D eigenvalue weighted by Gasteiger charge is 2.15. The number of aryl methyl sites for hydroxylation is 3. The van der Waals surface area contributed by atoms with Crippen molar-refractivity contribution >= 4 is 34.2 Å². The van der Waals surface area contributed by atoms with Gasteiger partial charge in [0.05, 0.1) is 55.6 Å². The topological polar surface area (TPSA) is 142 Å². The van der Waals surface area contributed by atoms with Crippen LogP contribution in [0.5, 0.6) is 23.0 Å². The first-order valence-corrected chi connectivity index (χ1v) is 18.9. The molecule has 0 saturated carbocycles. The van der Waals surface area contributed by atoms with Gasteiger partial charge < -0.3 is 19.3 Å². The Morgan fingerprint density at radius 3 is 1.50 bits per heavy atom. The predicted molar refractivity (Wildman–Crippen MR) is 237 cm³/mol. The third-order valence-corrected chi connectivity index (χ3v) is 9.66. The van der Waals surface area contributed by atoms with E-state index in [9.17, 15) is 14.7 Å². The van der Waals surface area contributed by atoms with Gasteiger partial charge >= 0.3 is 0 Å². The van der Waals surface area contributed by atoms with E-state index < -0.39 is 0 Å². The van der Waals surface area contributed by atoms with Crippen LogP contribution in [0.3, 0.4) is 0 Å². The third kappa shape index (κ3) is 8.53. The number of hydrogen-bond donors (Lipinski definition) is 1. The van der Waals surface area contributed by atoms with Gasteiger partial charge in [0.2, 0.25) is 0 Å². The number of nitrogens with zero attached hydrogens (tertiary/aromatic N) is 6. The highest BCUT2D eigenvalue weighted by atomic mass is 16.5. The highest BCUT2D eigenvalue weighted by molar-refractivity contribution is 5.84. The molecule has 12 heteroatoms. The van der Waals surface area contributed by atoms with E-state index in [-0.39, 0.29) is 16.9 Å². The Labute approximate surface area is 345 Å². The van der Waals surface area contributed by atoms with Gasteiger partial charge in [0.15, 0.2) is 34.6 Å². The van der Waals surface area contributed by atoms with Gasteiger partial charge in [-0.3, -0.25) is 9.59 Å². The van der Waals surface area contributed by atoms with Gasteiger partial charge in [0.25, 0.3) is 11.1 Å². The van der Waals surface area contributed by atoms with E-state index in [4.69, 9.17) is 19.2 Å². The monoisotopic (exact) mass is 798 g/mol. The number of aromatic hydroxyl groups is 1. The van der Waals surface area contributed by atoms with Gasteiger partial charge in [-0.1, -0.05) is 83.9 Å². The molecule has 0 bridgehead atoms.